The minimum atomic E-state index is -4.01. The van der Waals surface area contributed by atoms with Crippen LogP contribution >= 0.6 is 0 Å². The molecule has 0 radical (unpaired) electrons. The maximum absolute atomic E-state index is 13.3. The largest absolute Gasteiger partial charge is 0.339 e. The molecule has 0 saturated carbocycles. The molecule has 1 heterocycles. The molecule has 3 aromatic carbocycles. The van der Waals surface area contributed by atoms with E-state index in [1.807, 2.05) is 0 Å². The van der Waals surface area contributed by atoms with Gasteiger partial charge in [0.15, 0.2) is 0 Å². The van der Waals surface area contributed by atoms with Crippen LogP contribution in [0.1, 0.15) is 35.7 Å². The van der Waals surface area contributed by atoms with Gasteiger partial charge in [0.1, 0.15) is 0 Å². The monoisotopic (exact) mass is 555 g/mol. The molecule has 1 aliphatic rings. The zero-order valence-electron chi connectivity index (χ0n) is 21.0. The number of nitrogens with zero attached hydrogens (tertiary/aromatic N) is 1. The number of nitrogens with one attached hydrogen (secondary N) is 2. The van der Waals surface area contributed by atoms with Crippen molar-refractivity contribution in [2.75, 3.05) is 18.4 Å². The highest BCUT2D eigenvalue weighted by molar-refractivity contribution is 7.91. The molecule has 1 fully saturated rings. The molecule has 2 N–H and O–H groups in total. The lowest BCUT2D eigenvalue weighted by atomic mass is 10.0. The van der Waals surface area contributed by atoms with Gasteiger partial charge in [-0.2, -0.15) is 0 Å². The van der Waals surface area contributed by atoms with E-state index in [1.165, 1.54) is 37.3 Å². The number of carbonyl (C=O) groups excluding carboxylic acids is 2. The topological polar surface area (TPSA) is 130 Å². The van der Waals surface area contributed by atoms with Crippen molar-refractivity contribution < 1.29 is 26.4 Å². The van der Waals surface area contributed by atoms with Crippen LogP contribution in [0.2, 0.25) is 0 Å². The van der Waals surface area contributed by atoms with Crippen LogP contribution in [0.3, 0.4) is 0 Å². The number of amides is 2. The molecule has 0 aromatic heterocycles. The number of rotatable bonds is 7. The van der Waals surface area contributed by atoms with Crippen LogP contribution in [0.5, 0.6) is 0 Å². The number of anilines is 1. The quantitative estimate of drug-likeness (QED) is 0.460. The molecular formula is C27H29N3O6S2. The van der Waals surface area contributed by atoms with Crippen molar-refractivity contribution >= 4 is 37.4 Å². The molecule has 200 valence electrons. The molecule has 2 amide bonds. The highest BCUT2D eigenvalue weighted by Crippen LogP contribution is 2.26. The van der Waals surface area contributed by atoms with Gasteiger partial charge in [0.2, 0.25) is 25.8 Å². The van der Waals surface area contributed by atoms with Crippen LogP contribution in [0.25, 0.3) is 0 Å². The van der Waals surface area contributed by atoms with E-state index in [1.54, 1.807) is 54.3 Å². The fraction of sp³-hybridized carbons (Fsp3) is 0.259. The van der Waals surface area contributed by atoms with E-state index < -0.39 is 25.9 Å². The first-order chi connectivity index (χ1) is 18.0. The predicted molar refractivity (Wildman–Crippen MR) is 143 cm³/mol. The maximum Gasteiger partial charge on any atom is 0.253 e. The smallest absolute Gasteiger partial charge is 0.253 e. The van der Waals surface area contributed by atoms with Crippen molar-refractivity contribution in [3.63, 3.8) is 0 Å². The lowest BCUT2D eigenvalue weighted by Crippen LogP contribution is -2.46. The Kier molecular flexibility index (Phi) is 8.00. The summed E-state index contributed by atoms with van der Waals surface area (Å²) in [6.45, 7) is 3.75. The van der Waals surface area contributed by atoms with Crippen molar-refractivity contribution in [3.8, 4) is 0 Å². The first-order valence-corrected chi connectivity index (χ1v) is 15.0. The van der Waals surface area contributed by atoms with Gasteiger partial charge in [0.05, 0.1) is 14.7 Å². The molecule has 3 aromatic rings. The van der Waals surface area contributed by atoms with Gasteiger partial charge in [0, 0.05) is 37.3 Å². The molecule has 1 aliphatic heterocycles. The third-order valence-electron chi connectivity index (χ3n) is 6.37. The second-order valence-electron chi connectivity index (χ2n) is 9.19. The predicted octanol–water partition coefficient (Wildman–Crippen LogP) is 3.37. The Hall–Kier alpha value is -3.54. The van der Waals surface area contributed by atoms with Gasteiger partial charge in [-0.3, -0.25) is 9.59 Å². The number of hydrogen-bond donors (Lipinski definition) is 2. The van der Waals surface area contributed by atoms with E-state index in [2.05, 4.69) is 10.0 Å². The fourth-order valence-electron chi connectivity index (χ4n) is 4.34. The number of sulfone groups is 1. The van der Waals surface area contributed by atoms with E-state index >= 15 is 0 Å². The number of hydrogen-bond acceptors (Lipinski definition) is 6. The van der Waals surface area contributed by atoms with E-state index in [0.29, 0.717) is 42.7 Å². The number of aryl methyl sites for hydroxylation is 1. The van der Waals surface area contributed by atoms with Crippen LogP contribution in [0, 0.1) is 6.92 Å². The number of carbonyl (C=O) groups is 2. The highest BCUT2D eigenvalue weighted by atomic mass is 32.2. The molecule has 1 saturated heterocycles. The summed E-state index contributed by atoms with van der Waals surface area (Å²) in [6.07, 6.45) is 0.825. The van der Waals surface area contributed by atoms with Crippen LogP contribution in [-0.2, 0) is 24.7 Å². The first kappa shape index (κ1) is 27.5. The summed E-state index contributed by atoms with van der Waals surface area (Å²) >= 11 is 0. The molecule has 0 spiro atoms. The zero-order chi connectivity index (χ0) is 27.5. The summed E-state index contributed by atoms with van der Waals surface area (Å²) in [5, 5.41) is 2.65. The Morgan fingerprint density at radius 1 is 0.842 bits per heavy atom. The Bertz CT molecular complexity index is 1550. The summed E-state index contributed by atoms with van der Waals surface area (Å²) in [5.41, 5.74) is 1.50. The van der Waals surface area contributed by atoms with E-state index in [0.717, 1.165) is 0 Å². The van der Waals surface area contributed by atoms with Gasteiger partial charge in [0.25, 0.3) is 5.91 Å². The second-order valence-corrected chi connectivity index (χ2v) is 12.8. The van der Waals surface area contributed by atoms with E-state index in [9.17, 15) is 26.4 Å². The van der Waals surface area contributed by atoms with Crippen LogP contribution in [0.15, 0.2) is 87.5 Å². The van der Waals surface area contributed by atoms with E-state index in [-0.39, 0.29) is 26.5 Å². The lowest BCUT2D eigenvalue weighted by Gasteiger charge is -2.32. The van der Waals surface area contributed by atoms with Crippen molar-refractivity contribution in [2.45, 2.75) is 47.4 Å². The summed E-state index contributed by atoms with van der Waals surface area (Å²) in [5.74, 6) is -0.372. The average molecular weight is 556 g/mol. The third-order valence-corrected chi connectivity index (χ3v) is 9.80. The molecule has 0 atom stereocenters. The van der Waals surface area contributed by atoms with Crippen molar-refractivity contribution in [3.05, 3.63) is 83.9 Å². The van der Waals surface area contributed by atoms with Crippen LogP contribution < -0.4 is 10.0 Å². The average Bonchev–Trinajstić information content (AvgIpc) is 2.89. The normalized spacial score (nSPS) is 14.7. The van der Waals surface area contributed by atoms with Crippen molar-refractivity contribution in [2.24, 2.45) is 0 Å². The minimum Gasteiger partial charge on any atom is -0.339 e. The van der Waals surface area contributed by atoms with Crippen molar-refractivity contribution in [1.29, 1.82) is 0 Å². The molecule has 0 unspecified atom stereocenters. The molecule has 11 heteroatoms. The van der Waals surface area contributed by atoms with Gasteiger partial charge in [-0.15, -0.1) is 0 Å². The Morgan fingerprint density at radius 2 is 1.47 bits per heavy atom. The number of piperidine rings is 1. The third kappa shape index (κ3) is 6.12. The molecule has 0 aliphatic carbocycles. The highest BCUT2D eigenvalue weighted by Gasteiger charge is 2.29. The molecule has 4 rings (SSSR count). The summed E-state index contributed by atoms with van der Waals surface area (Å²) < 4.78 is 55.3. The Balaban J connectivity index is 1.43. The van der Waals surface area contributed by atoms with Gasteiger partial charge in [-0.25, -0.2) is 21.6 Å². The van der Waals surface area contributed by atoms with E-state index in [4.69, 9.17) is 0 Å². The molecule has 0 bridgehead atoms. The van der Waals surface area contributed by atoms with Gasteiger partial charge >= 0.3 is 0 Å². The number of sulfonamides is 1. The summed E-state index contributed by atoms with van der Waals surface area (Å²) in [6, 6.07) is 18.1. The molecule has 38 heavy (non-hydrogen) atoms. The van der Waals surface area contributed by atoms with Gasteiger partial charge in [-0.05, 0) is 73.9 Å². The SMILES string of the molecule is CC(=O)Nc1ccc(C(=O)N2CCC(NS(=O)(=O)c3cc(S(=O)(=O)c4ccccc4)ccc3C)CC2)cc1. The van der Waals surface area contributed by atoms with Crippen LogP contribution in [0.4, 0.5) is 5.69 Å². The standard InChI is InChI=1S/C27H29N3O6S2/c1-19-8-13-25(37(33,34)24-6-4-3-5-7-24)18-26(19)38(35,36)29-23-14-16-30(17-15-23)27(32)21-9-11-22(12-10-21)28-20(2)31/h3-13,18,23,29H,14-17H2,1-2H3,(H,28,31). The maximum atomic E-state index is 13.3. The second kappa shape index (κ2) is 11.1. The van der Waals surface area contributed by atoms with Crippen LogP contribution in [-0.4, -0.2) is 52.7 Å². The van der Waals surface area contributed by atoms with Crippen molar-refractivity contribution in [1.82, 2.24) is 9.62 Å². The fourth-order valence-corrected chi connectivity index (χ4v) is 7.30. The Labute approximate surface area is 222 Å². The number of likely N-dealkylation sites (tertiary alicyclic amines) is 1. The minimum absolute atomic E-state index is 0.0851. The summed E-state index contributed by atoms with van der Waals surface area (Å²) in [4.78, 5) is 25.6. The first-order valence-electron chi connectivity index (χ1n) is 12.1. The zero-order valence-corrected chi connectivity index (χ0v) is 22.7. The number of benzene rings is 3. The molecule has 9 nitrogen and oxygen atoms in total. The molecular weight excluding hydrogens is 526 g/mol. The lowest BCUT2D eigenvalue weighted by molar-refractivity contribution is -0.114. The van der Waals surface area contributed by atoms with Gasteiger partial charge in [-0.1, -0.05) is 24.3 Å². The van der Waals surface area contributed by atoms with Gasteiger partial charge < -0.3 is 10.2 Å². The summed E-state index contributed by atoms with van der Waals surface area (Å²) in [7, 11) is -7.89. The Morgan fingerprint density at radius 3 is 2.08 bits per heavy atom.